The van der Waals surface area contributed by atoms with Crippen LogP contribution >= 0.6 is 23.2 Å². The van der Waals surface area contributed by atoms with Crippen molar-refractivity contribution in [1.29, 1.82) is 0 Å². The van der Waals surface area contributed by atoms with Gasteiger partial charge in [-0.15, -0.1) is 0 Å². The van der Waals surface area contributed by atoms with E-state index in [1.807, 2.05) is 25.7 Å². The molecule has 2 aliphatic rings. The van der Waals surface area contributed by atoms with Gasteiger partial charge in [0, 0.05) is 38.1 Å². The Kier molecular flexibility index (Phi) is 10.2. The second-order valence-electron chi connectivity index (χ2n) is 13.4. The molecule has 2 amide bonds. The second-order valence-corrected chi connectivity index (χ2v) is 14.2. The molecule has 256 valence electrons. The number of aromatic nitrogens is 3. The van der Waals surface area contributed by atoms with Crippen LogP contribution in [0.5, 0.6) is 0 Å². The summed E-state index contributed by atoms with van der Waals surface area (Å²) in [4.78, 5) is 37.4. The molecule has 3 heterocycles. The van der Waals surface area contributed by atoms with Crippen molar-refractivity contribution in [2.45, 2.75) is 84.2 Å². The van der Waals surface area contributed by atoms with E-state index in [2.05, 4.69) is 20.9 Å². The van der Waals surface area contributed by atoms with Crippen LogP contribution in [0.2, 0.25) is 10.0 Å². The number of aryl methyl sites for hydroxylation is 1. The van der Waals surface area contributed by atoms with E-state index < -0.39 is 35.6 Å². The van der Waals surface area contributed by atoms with Crippen molar-refractivity contribution >= 4 is 63.6 Å². The van der Waals surface area contributed by atoms with Crippen molar-refractivity contribution in [2.75, 3.05) is 23.3 Å². The van der Waals surface area contributed by atoms with Gasteiger partial charge in [-0.05, 0) is 56.2 Å². The molecule has 9 nitrogen and oxygen atoms in total. The van der Waals surface area contributed by atoms with Crippen LogP contribution in [0.25, 0.3) is 11.2 Å². The minimum absolute atomic E-state index is 0.0485. The van der Waals surface area contributed by atoms with E-state index >= 15 is 0 Å². The van der Waals surface area contributed by atoms with Gasteiger partial charge in [0.05, 0.1) is 27.2 Å². The van der Waals surface area contributed by atoms with Crippen molar-refractivity contribution < 1.29 is 27.2 Å². The van der Waals surface area contributed by atoms with Crippen molar-refractivity contribution in [3.05, 3.63) is 39.4 Å². The van der Waals surface area contributed by atoms with Crippen LogP contribution in [0.1, 0.15) is 75.2 Å². The number of alkyl halides is 4. The fourth-order valence-corrected chi connectivity index (χ4v) is 6.44. The molecule has 0 radical (unpaired) electrons. The van der Waals surface area contributed by atoms with Gasteiger partial charge in [0.2, 0.25) is 11.9 Å². The maximum Gasteiger partial charge on any atom is 0.391 e. The van der Waals surface area contributed by atoms with Gasteiger partial charge in [0.25, 0.3) is 5.91 Å². The van der Waals surface area contributed by atoms with E-state index in [9.17, 15) is 27.2 Å². The Hall–Kier alpha value is -3.32. The summed E-state index contributed by atoms with van der Waals surface area (Å²) < 4.78 is 55.3. The normalized spacial score (nSPS) is 19.6. The number of piperidine rings is 1. The molecule has 2 aromatic heterocycles. The number of nitrogens with one attached hydrogen (secondary N) is 3. The number of rotatable bonds is 7. The number of amides is 2. The molecule has 15 heteroatoms. The number of benzene rings is 1. The lowest BCUT2D eigenvalue weighted by molar-refractivity contribution is -0.182. The van der Waals surface area contributed by atoms with Gasteiger partial charge in [-0.1, -0.05) is 50.0 Å². The number of carbonyl (C=O) groups is 2. The number of pyridine rings is 1. The largest absolute Gasteiger partial charge is 0.391 e. The lowest BCUT2D eigenvalue weighted by Gasteiger charge is -2.32. The molecule has 0 unspecified atom stereocenters. The zero-order chi connectivity index (χ0) is 34.3. The van der Waals surface area contributed by atoms with E-state index in [0.717, 1.165) is 0 Å². The number of fused-ring (bicyclic) bond motifs is 1. The summed E-state index contributed by atoms with van der Waals surface area (Å²) >= 11 is 13.3. The summed E-state index contributed by atoms with van der Waals surface area (Å²) in [5, 5.41) is 9.57. The quantitative estimate of drug-likeness (QED) is 0.221. The summed E-state index contributed by atoms with van der Waals surface area (Å²) in [7, 11) is 1.73. The Balaban J connectivity index is 1.44. The Morgan fingerprint density at radius 2 is 1.66 bits per heavy atom. The van der Waals surface area contributed by atoms with E-state index in [1.165, 1.54) is 0 Å². The first-order valence-corrected chi connectivity index (χ1v) is 16.4. The monoisotopic (exact) mass is 699 g/mol. The third kappa shape index (κ3) is 7.88. The minimum Gasteiger partial charge on any atom is -0.356 e. The van der Waals surface area contributed by atoms with Crippen LogP contribution in [0.4, 0.5) is 35.0 Å². The predicted octanol–water partition coefficient (Wildman–Crippen LogP) is 7.47. The number of nitrogens with zero attached hydrogens (tertiary/aromatic N) is 4. The van der Waals surface area contributed by atoms with Crippen LogP contribution in [0, 0.1) is 11.3 Å². The standard InChI is InChI=1S/C32H39Cl2F4N7O2/c1-31(2,3)29(47)39-16-17-5-10-22(33)25(24(17)34)42-30-41-23-15-21(28(46)40-20-8-6-18(7-9-20)32(36,37)38)26(43-27(23)44(30)4)45-13-11-19(35)12-14-45/h5,10,15,18-20H,6-9,11-14,16H2,1-4H3,(H,39,47)(H,40,46)(H,41,42)/t18-,20-. The highest BCUT2D eigenvalue weighted by atomic mass is 35.5. The van der Waals surface area contributed by atoms with Gasteiger partial charge in [-0.25, -0.2) is 14.4 Å². The molecule has 0 bridgehead atoms. The highest BCUT2D eigenvalue weighted by Gasteiger charge is 2.41. The SMILES string of the molecule is Cn1c(Nc2c(Cl)ccc(CNC(=O)C(C)(C)C)c2Cl)nc2cc(C(=O)N[C@H]3CC[C@H](C(F)(F)F)CC3)c(N3CCC(F)CC3)nc21. The minimum atomic E-state index is -4.25. The number of halogens is 6. The van der Waals surface area contributed by atoms with Gasteiger partial charge in [0.15, 0.2) is 5.65 Å². The van der Waals surface area contributed by atoms with Crippen LogP contribution in [0.3, 0.4) is 0 Å². The van der Waals surface area contributed by atoms with Gasteiger partial charge in [-0.3, -0.25) is 14.2 Å². The van der Waals surface area contributed by atoms with Gasteiger partial charge in [0.1, 0.15) is 17.5 Å². The Morgan fingerprint density at radius 3 is 2.28 bits per heavy atom. The lowest BCUT2D eigenvalue weighted by Crippen LogP contribution is -2.41. The molecule has 5 rings (SSSR count). The zero-order valence-electron chi connectivity index (χ0n) is 26.7. The first kappa shape index (κ1) is 35.0. The number of anilines is 3. The number of carbonyl (C=O) groups excluding carboxylic acids is 2. The molecule has 1 saturated heterocycles. The third-order valence-corrected chi connectivity index (χ3v) is 9.59. The van der Waals surface area contributed by atoms with E-state index in [-0.39, 0.29) is 56.5 Å². The molecule has 3 aromatic rings. The molecular weight excluding hydrogens is 661 g/mol. The van der Waals surface area contributed by atoms with Gasteiger partial charge in [-0.2, -0.15) is 13.2 Å². The van der Waals surface area contributed by atoms with Crippen molar-refractivity contribution in [1.82, 2.24) is 25.2 Å². The number of hydrogen-bond acceptors (Lipinski definition) is 6. The maximum absolute atomic E-state index is 14.0. The molecule has 1 aliphatic carbocycles. The van der Waals surface area contributed by atoms with Crippen LogP contribution < -0.4 is 20.9 Å². The van der Waals surface area contributed by atoms with Crippen LogP contribution in [0.15, 0.2) is 18.2 Å². The molecule has 1 aromatic carbocycles. The summed E-state index contributed by atoms with van der Waals surface area (Å²) in [5.74, 6) is -1.30. The summed E-state index contributed by atoms with van der Waals surface area (Å²) in [6.07, 6.45) is -4.30. The second kappa shape index (κ2) is 13.7. The van der Waals surface area contributed by atoms with Crippen LogP contribution in [-0.4, -0.2) is 57.8 Å². The predicted molar refractivity (Wildman–Crippen MR) is 175 cm³/mol. The fourth-order valence-electron chi connectivity index (χ4n) is 5.91. The molecule has 0 spiro atoms. The molecule has 1 saturated carbocycles. The van der Waals surface area contributed by atoms with Crippen LogP contribution in [-0.2, 0) is 18.4 Å². The summed E-state index contributed by atoms with van der Waals surface area (Å²) in [6.45, 7) is 6.31. The zero-order valence-corrected chi connectivity index (χ0v) is 28.2. The van der Waals surface area contributed by atoms with E-state index in [1.54, 1.807) is 29.8 Å². The highest BCUT2D eigenvalue weighted by Crippen LogP contribution is 2.39. The average molecular weight is 701 g/mol. The van der Waals surface area contributed by atoms with Crippen molar-refractivity contribution in [2.24, 2.45) is 18.4 Å². The Morgan fingerprint density at radius 1 is 1.00 bits per heavy atom. The van der Waals surface area contributed by atoms with Crippen molar-refractivity contribution in [3.8, 4) is 0 Å². The van der Waals surface area contributed by atoms with Gasteiger partial charge < -0.3 is 20.9 Å². The van der Waals surface area contributed by atoms with E-state index in [0.29, 0.717) is 57.3 Å². The Bertz CT molecular complexity index is 1640. The first-order valence-electron chi connectivity index (χ1n) is 15.7. The molecular formula is C32H39Cl2F4N7O2. The van der Waals surface area contributed by atoms with Crippen molar-refractivity contribution in [3.63, 3.8) is 0 Å². The molecule has 3 N–H and O–H groups in total. The highest BCUT2D eigenvalue weighted by molar-refractivity contribution is 6.39. The number of hydrogen-bond donors (Lipinski definition) is 3. The Labute approximate surface area is 280 Å². The van der Waals surface area contributed by atoms with Gasteiger partial charge >= 0.3 is 6.18 Å². The molecule has 0 atom stereocenters. The first-order chi connectivity index (χ1) is 22.0. The molecule has 1 aliphatic heterocycles. The third-order valence-electron chi connectivity index (χ3n) is 8.85. The van der Waals surface area contributed by atoms with E-state index in [4.69, 9.17) is 28.2 Å². The lowest BCUT2D eigenvalue weighted by atomic mass is 9.85. The average Bonchev–Trinajstić information content (AvgIpc) is 3.31. The number of imidazole rings is 1. The smallest absolute Gasteiger partial charge is 0.356 e. The summed E-state index contributed by atoms with van der Waals surface area (Å²) in [5.41, 5.74) is 1.45. The topological polar surface area (TPSA) is 104 Å². The fraction of sp³-hybridized carbons (Fsp3) is 0.562. The summed E-state index contributed by atoms with van der Waals surface area (Å²) in [6, 6.07) is 4.57. The molecule has 2 fully saturated rings. The maximum atomic E-state index is 14.0. The molecule has 47 heavy (non-hydrogen) atoms.